The monoisotopic (exact) mass is 357 g/mol. The fraction of sp³-hybridized carbons (Fsp3) is 0.533. The summed E-state index contributed by atoms with van der Waals surface area (Å²) in [7, 11) is 0. The third-order valence-electron chi connectivity index (χ3n) is 3.49. The third kappa shape index (κ3) is 3.49. The first-order chi connectivity index (χ1) is 9.91. The van der Waals surface area contributed by atoms with Crippen LogP contribution in [0.4, 0.5) is 0 Å². The van der Waals surface area contributed by atoms with Gasteiger partial charge in [0, 0.05) is 12.5 Å². The minimum atomic E-state index is -0.840. The number of carboxylic acids is 1. The molecule has 0 radical (unpaired) electrons. The lowest BCUT2D eigenvalue weighted by atomic mass is 9.90. The second kappa shape index (κ2) is 6.66. The quantitative estimate of drug-likeness (QED) is 0.845. The largest absolute Gasteiger partial charge is 0.486 e. The van der Waals surface area contributed by atoms with Gasteiger partial charge in [-0.25, -0.2) is 0 Å². The van der Waals surface area contributed by atoms with Gasteiger partial charge < -0.3 is 20.3 Å². The van der Waals surface area contributed by atoms with E-state index in [4.69, 9.17) is 20.3 Å². The van der Waals surface area contributed by atoms with Crippen molar-refractivity contribution in [2.24, 2.45) is 5.73 Å². The first-order valence-electron chi connectivity index (χ1n) is 7.01. The summed E-state index contributed by atoms with van der Waals surface area (Å²) in [6.07, 6.45) is 0.436. The van der Waals surface area contributed by atoms with Crippen LogP contribution in [0.5, 0.6) is 11.5 Å². The average molecular weight is 358 g/mol. The van der Waals surface area contributed by atoms with Crippen molar-refractivity contribution in [1.29, 1.82) is 0 Å². The highest BCUT2D eigenvalue weighted by atomic mass is 79.9. The Balaban J connectivity index is 2.43. The number of nitrogens with two attached hydrogens (primary N) is 1. The van der Waals surface area contributed by atoms with Crippen molar-refractivity contribution in [2.45, 2.75) is 38.6 Å². The average Bonchev–Trinajstić information content (AvgIpc) is 2.44. The van der Waals surface area contributed by atoms with E-state index in [0.29, 0.717) is 31.1 Å². The van der Waals surface area contributed by atoms with E-state index in [1.54, 1.807) is 0 Å². The first kappa shape index (κ1) is 16.1. The van der Waals surface area contributed by atoms with Crippen LogP contribution in [-0.2, 0) is 4.79 Å². The zero-order valence-corrected chi connectivity index (χ0v) is 13.8. The molecule has 0 bridgehead atoms. The molecule has 0 amide bonds. The number of hydrogen-bond donors (Lipinski definition) is 2. The Morgan fingerprint density at radius 3 is 2.71 bits per heavy atom. The van der Waals surface area contributed by atoms with Crippen molar-refractivity contribution >= 4 is 21.9 Å². The maximum absolute atomic E-state index is 10.7. The zero-order valence-electron chi connectivity index (χ0n) is 12.2. The summed E-state index contributed by atoms with van der Waals surface area (Å²) in [5, 5.41) is 8.82. The van der Waals surface area contributed by atoms with E-state index in [1.165, 1.54) is 0 Å². The van der Waals surface area contributed by atoms with Crippen LogP contribution in [0.25, 0.3) is 0 Å². The van der Waals surface area contributed by atoms with Gasteiger partial charge >= 0.3 is 5.97 Å². The van der Waals surface area contributed by atoms with Gasteiger partial charge in [-0.3, -0.25) is 4.79 Å². The van der Waals surface area contributed by atoms with Gasteiger partial charge in [0.1, 0.15) is 13.2 Å². The van der Waals surface area contributed by atoms with Crippen LogP contribution in [0.2, 0.25) is 0 Å². The molecule has 1 aliphatic rings. The number of ether oxygens (including phenoxy) is 2. The standard InChI is InChI=1S/C15H20BrNO4/c1-8(2)13-9(10(17)3-4-12(18)19)7-11-15(14(13)16)21-6-5-20-11/h7-8,10H,3-6,17H2,1-2H3,(H,18,19). The number of halogens is 1. The van der Waals surface area contributed by atoms with Crippen LogP contribution in [-0.4, -0.2) is 24.3 Å². The number of aliphatic carboxylic acids is 1. The van der Waals surface area contributed by atoms with Gasteiger partial charge in [0.15, 0.2) is 11.5 Å². The summed E-state index contributed by atoms with van der Waals surface area (Å²) in [4.78, 5) is 10.7. The summed E-state index contributed by atoms with van der Waals surface area (Å²) in [6, 6.07) is 1.55. The molecule has 5 nitrogen and oxygen atoms in total. The molecule has 6 heteroatoms. The summed E-state index contributed by atoms with van der Waals surface area (Å²) in [5.41, 5.74) is 8.18. The SMILES string of the molecule is CC(C)c1c(C(N)CCC(=O)O)cc2c(c1Br)OCCO2. The van der Waals surface area contributed by atoms with E-state index < -0.39 is 5.97 Å². The number of carbonyl (C=O) groups is 1. The molecule has 0 saturated carbocycles. The highest BCUT2D eigenvalue weighted by Crippen LogP contribution is 2.45. The molecule has 1 aromatic carbocycles. The molecular weight excluding hydrogens is 338 g/mol. The van der Waals surface area contributed by atoms with Crippen molar-refractivity contribution in [3.63, 3.8) is 0 Å². The smallest absolute Gasteiger partial charge is 0.303 e. The molecule has 1 atom stereocenters. The fourth-order valence-corrected chi connectivity index (χ4v) is 3.50. The molecule has 2 rings (SSSR count). The van der Waals surface area contributed by atoms with Crippen molar-refractivity contribution in [3.8, 4) is 11.5 Å². The van der Waals surface area contributed by atoms with E-state index in [9.17, 15) is 4.79 Å². The van der Waals surface area contributed by atoms with Crippen molar-refractivity contribution in [2.75, 3.05) is 13.2 Å². The van der Waals surface area contributed by atoms with Crippen molar-refractivity contribution in [3.05, 3.63) is 21.7 Å². The van der Waals surface area contributed by atoms with Gasteiger partial charge in [0.25, 0.3) is 0 Å². The lowest BCUT2D eigenvalue weighted by molar-refractivity contribution is -0.137. The van der Waals surface area contributed by atoms with Crippen LogP contribution in [0, 0.1) is 0 Å². The Labute approximate surface area is 132 Å². The molecule has 0 aliphatic carbocycles. The third-order valence-corrected chi connectivity index (χ3v) is 4.28. The van der Waals surface area contributed by atoms with Crippen LogP contribution < -0.4 is 15.2 Å². The van der Waals surface area contributed by atoms with Crippen LogP contribution in [0.15, 0.2) is 10.5 Å². The Kier molecular flexibility index (Phi) is 5.11. The van der Waals surface area contributed by atoms with Gasteiger partial charge in [-0.05, 0) is 45.5 Å². The van der Waals surface area contributed by atoms with E-state index in [1.807, 2.05) is 6.07 Å². The Hall–Kier alpha value is -1.27. The normalized spacial score (nSPS) is 15.1. The van der Waals surface area contributed by atoms with E-state index >= 15 is 0 Å². The van der Waals surface area contributed by atoms with Gasteiger partial charge in [-0.15, -0.1) is 0 Å². The Bertz CT molecular complexity index is 545. The van der Waals surface area contributed by atoms with Gasteiger partial charge in [-0.1, -0.05) is 13.8 Å². The van der Waals surface area contributed by atoms with Gasteiger partial charge in [0.2, 0.25) is 0 Å². The molecule has 1 unspecified atom stereocenters. The highest BCUT2D eigenvalue weighted by Gasteiger charge is 2.25. The summed E-state index contributed by atoms with van der Waals surface area (Å²) < 4.78 is 12.2. The molecule has 0 aromatic heterocycles. The first-order valence-corrected chi connectivity index (χ1v) is 7.80. The molecule has 0 fully saturated rings. The van der Waals surface area contributed by atoms with E-state index in [-0.39, 0.29) is 18.4 Å². The summed E-state index contributed by atoms with van der Waals surface area (Å²) in [6.45, 7) is 5.17. The molecule has 1 heterocycles. The second-order valence-corrected chi connectivity index (χ2v) is 6.20. The predicted molar refractivity (Wildman–Crippen MR) is 83.0 cm³/mol. The maximum atomic E-state index is 10.7. The number of rotatable bonds is 5. The number of benzene rings is 1. The number of fused-ring (bicyclic) bond motifs is 1. The molecule has 21 heavy (non-hydrogen) atoms. The minimum absolute atomic E-state index is 0.0464. The van der Waals surface area contributed by atoms with E-state index in [2.05, 4.69) is 29.8 Å². The van der Waals surface area contributed by atoms with Gasteiger partial charge in [0.05, 0.1) is 4.47 Å². The molecular formula is C15H20BrNO4. The van der Waals surface area contributed by atoms with Crippen molar-refractivity contribution < 1.29 is 19.4 Å². The summed E-state index contributed by atoms with van der Waals surface area (Å²) >= 11 is 3.59. The molecule has 0 spiro atoms. The molecule has 0 saturated heterocycles. The maximum Gasteiger partial charge on any atom is 0.303 e. The highest BCUT2D eigenvalue weighted by molar-refractivity contribution is 9.10. The topological polar surface area (TPSA) is 81.8 Å². The van der Waals surface area contributed by atoms with Crippen LogP contribution in [0.1, 0.15) is 49.8 Å². The lowest BCUT2D eigenvalue weighted by Crippen LogP contribution is -2.20. The number of carboxylic acid groups (broad SMARTS) is 1. The predicted octanol–water partition coefficient (Wildman–Crippen LogP) is 3.21. The second-order valence-electron chi connectivity index (χ2n) is 5.41. The zero-order chi connectivity index (χ0) is 15.6. The Morgan fingerprint density at radius 1 is 1.43 bits per heavy atom. The lowest BCUT2D eigenvalue weighted by Gasteiger charge is -2.26. The van der Waals surface area contributed by atoms with Crippen LogP contribution in [0.3, 0.4) is 0 Å². The van der Waals surface area contributed by atoms with E-state index in [0.717, 1.165) is 15.6 Å². The minimum Gasteiger partial charge on any atom is -0.486 e. The Morgan fingerprint density at radius 2 is 2.10 bits per heavy atom. The van der Waals surface area contributed by atoms with Crippen LogP contribution >= 0.6 is 15.9 Å². The molecule has 3 N–H and O–H groups in total. The fourth-order valence-electron chi connectivity index (χ4n) is 2.51. The number of hydrogen-bond acceptors (Lipinski definition) is 4. The molecule has 116 valence electrons. The molecule has 1 aliphatic heterocycles. The summed E-state index contributed by atoms with van der Waals surface area (Å²) in [5.74, 6) is 0.770. The van der Waals surface area contributed by atoms with Crippen molar-refractivity contribution in [1.82, 2.24) is 0 Å². The molecule has 1 aromatic rings. The van der Waals surface area contributed by atoms with Gasteiger partial charge in [-0.2, -0.15) is 0 Å².